The van der Waals surface area contributed by atoms with Gasteiger partial charge >= 0.3 is 0 Å². The second kappa shape index (κ2) is 4.62. The predicted octanol–water partition coefficient (Wildman–Crippen LogP) is 1.65. The van der Waals surface area contributed by atoms with E-state index in [1.165, 1.54) is 6.20 Å². The van der Waals surface area contributed by atoms with Crippen LogP contribution in [0.3, 0.4) is 0 Å². The zero-order valence-corrected chi connectivity index (χ0v) is 7.71. The van der Waals surface area contributed by atoms with Gasteiger partial charge in [0.05, 0.1) is 5.02 Å². The zero-order chi connectivity index (χ0) is 9.68. The largest absolute Gasteiger partial charge is 0.347 e. The molecule has 1 aromatic heterocycles. The molecule has 0 unspecified atom stereocenters. The number of carbonyl (C=O) groups is 1. The molecule has 0 atom stereocenters. The monoisotopic (exact) mass is 196 g/mol. The first-order chi connectivity index (χ1) is 6.24. The lowest BCUT2D eigenvalue weighted by Crippen LogP contribution is -2.23. The van der Waals surface area contributed by atoms with Crippen molar-refractivity contribution >= 4 is 17.5 Å². The van der Waals surface area contributed by atoms with E-state index in [4.69, 9.17) is 11.6 Å². The summed E-state index contributed by atoms with van der Waals surface area (Å²) in [7, 11) is 0. The van der Waals surface area contributed by atoms with E-state index < -0.39 is 0 Å². The number of hydrogen-bond donors (Lipinski definition) is 1. The Morgan fingerprint density at radius 2 is 2.46 bits per heavy atom. The maximum atomic E-state index is 11.3. The van der Waals surface area contributed by atoms with Gasteiger partial charge in [-0.3, -0.25) is 4.79 Å². The van der Waals surface area contributed by atoms with E-state index in [9.17, 15) is 4.79 Å². The highest BCUT2D eigenvalue weighted by atomic mass is 35.5. The minimum absolute atomic E-state index is 0.225. The summed E-state index contributed by atoms with van der Waals surface area (Å²) >= 11 is 5.61. The summed E-state index contributed by atoms with van der Waals surface area (Å²) in [6.07, 6.45) is 3.04. The summed E-state index contributed by atoms with van der Waals surface area (Å²) in [4.78, 5) is 15.1. The Balaban J connectivity index is 2.66. The SMILES string of the molecule is C=CCNC(=O)c1ccc(Cl)cn1. The summed E-state index contributed by atoms with van der Waals surface area (Å²) in [6.45, 7) is 3.92. The molecular weight excluding hydrogens is 188 g/mol. The quantitative estimate of drug-likeness (QED) is 0.747. The fraction of sp³-hybridized carbons (Fsp3) is 0.111. The van der Waals surface area contributed by atoms with Gasteiger partial charge in [-0.2, -0.15) is 0 Å². The molecule has 0 aliphatic heterocycles. The van der Waals surface area contributed by atoms with E-state index in [0.29, 0.717) is 17.3 Å². The minimum Gasteiger partial charge on any atom is -0.347 e. The van der Waals surface area contributed by atoms with Crippen molar-refractivity contribution in [2.45, 2.75) is 0 Å². The van der Waals surface area contributed by atoms with Crippen LogP contribution in [-0.4, -0.2) is 17.4 Å². The van der Waals surface area contributed by atoms with Crippen LogP contribution in [0.25, 0.3) is 0 Å². The third-order valence-electron chi connectivity index (χ3n) is 1.37. The summed E-state index contributed by atoms with van der Waals surface area (Å²) in [5, 5.41) is 3.12. The highest BCUT2D eigenvalue weighted by Gasteiger charge is 2.03. The molecule has 0 radical (unpaired) electrons. The maximum absolute atomic E-state index is 11.3. The summed E-state index contributed by atoms with van der Waals surface area (Å²) in [5.74, 6) is -0.225. The molecule has 0 aromatic carbocycles. The first kappa shape index (κ1) is 9.74. The molecule has 0 fully saturated rings. The molecule has 0 saturated carbocycles. The van der Waals surface area contributed by atoms with E-state index in [1.54, 1.807) is 18.2 Å². The van der Waals surface area contributed by atoms with Gasteiger partial charge in [0, 0.05) is 12.7 Å². The maximum Gasteiger partial charge on any atom is 0.270 e. The summed E-state index contributed by atoms with van der Waals surface area (Å²) < 4.78 is 0. The molecule has 1 rings (SSSR count). The Hall–Kier alpha value is -1.35. The van der Waals surface area contributed by atoms with Crippen LogP contribution in [0.5, 0.6) is 0 Å². The van der Waals surface area contributed by atoms with Gasteiger partial charge in [0.15, 0.2) is 0 Å². The second-order valence-corrected chi connectivity index (χ2v) is 2.80. The number of carbonyl (C=O) groups excluding carboxylic acids is 1. The smallest absolute Gasteiger partial charge is 0.270 e. The molecule has 3 nitrogen and oxygen atoms in total. The fourth-order valence-corrected chi connectivity index (χ4v) is 0.877. The minimum atomic E-state index is -0.225. The average Bonchev–Trinajstić information content (AvgIpc) is 2.15. The van der Waals surface area contributed by atoms with E-state index in [2.05, 4.69) is 16.9 Å². The Morgan fingerprint density at radius 3 is 3.00 bits per heavy atom. The van der Waals surface area contributed by atoms with Gasteiger partial charge in [-0.15, -0.1) is 6.58 Å². The standard InChI is InChI=1S/C9H9ClN2O/c1-2-5-11-9(13)8-4-3-7(10)6-12-8/h2-4,6H,1,5H2,(H,11,13). The third kappa shape index (κ3) is 2.87. The van der Waals surface area contributed by atoms with Crippen molar-refractivity contribution in [1.82, 2.24) is 10.3 Å². The topological polar surface area (TPSA) is 42.0 Å². The molecule has 1 N–H and O–H groups in total. The molecule has 0 saturated heterocycles. The van der Waals surface area contributed by atoms with Crippen molar-refractivity contribution in [2.24, 2.45) is 0 Å². The molecule has 0 bridgehead atoms. The fourth-order valence-electron chi connectivity index (χ4n) is 0.766. The molecule has 68 valence electrons. The summed E-state index contributed by atoms with van der Waals surface area (Å²) in [5.41, 5.74) is 0.353. The van der Waals surface area contributed by atoms with Crippen molar-refractivity contribution in [2.75, 3.05) is 6.54 Å². The van der Waals surface area contributed by atoms with Gasteiger partial charge in [0.25, 0.3) is 5.91 Å². The van der Waals surface area contributed by atoms with Crippen LogP contribution >= 0.6 is 11.6 Å². The van der Waals surface area contributed by atoms with Crippen molar-refractivity contribution < 1.29 is 4.79 Å². The lowest BCUT2D eigenvalue weighted by Gasteiger charge is -2.00. The molecule has 0 aliphatic carbocycles. The number of rotatable bonds is 3. The Bertz CT molecular complexity index is 308. The van der Waals surface area contributed by atoms with Crippen LogP contribution in [0, 0.1) is 0 Å². The van der Waals surface area contributed by atoms with Crippen LogP contribution in [0.1, 0.15) is 10.5 Å². The van der Waals surface area contributed by atoms with E-state index in [1.807, 2.05) is 0 Å². The van der Waals surface area contributed by atoms with Crippen LogP contribution in [0.15, 0.2) is 31.0 Å². The molecule has 1 amide bonds. The van der Waals surface area contributed by atoms with Gasteiger partial charge in [-0.1, -0.05) is 17.7 Å². The lowest BCUT2D eigenvalue weighted by atomic mass is 10.3. The van der Waals surface area contributed by atoms with Crippen LogP contribution in [0.2, 0.25) is 5.02 Å². The number of nitrogens with one attached hydrogen (secondary N) is 1. The van der Waals surface area contributed by atoms with Gasteiger partial charge in [0.2, 0.25) is 0 Å². The molecular formula is C9H9ClN2O. The Morgan fingerprint density at radius 1 is 1.69 bits per heavy atom. The van der Waals surface area contributed by atoms with Crippen LogP contribution in [-0.2, 0) is 0 Å². The Kier molecular flexibility index (Phi) is 3.46. The van der Waals surface area contributed by atoms with Crippen LogP contribution in [0.4, 0.5) is 0 Å². The molecule has 1 aromatic rings. The number of halogens is 1. The molecule has 13 heavy (non-hydrogen) atoms. The number of amides is 1. The molecule has 0 spiro atoms. The summed E-state index contributed by atoms with van der Waals surface area (Å²) in [6, 6.07) is 3.19. The van der Waals surface area contributed by atoms with Gasteiger partial charge in [0.1, 0.15) is 5.69 Å². The molecule has 1 heterocycles. The highest BCUT2D eigenvalue weighted by molar-refractivity contribution is 6.30. The highest BCUT2D eigenvalue weighted by Crippen LogP contribution is 2.05. The molecule has 0 aliphatic rings. The number of nitrogens with zero attached hydrogens (tertiary/aromatic N) is 1. The number of pyridine rings is 1. The average molecular weight is 197 g/mol. The second-order valence-electron chi connectivity index (χ2n) is 2.36. The van der Waals surface area contributed by atoms with E-state index >= 15 is 0 Å². The van der Waals surface area contributed by atoms with Gasteiger partial charge in [-0.25, -0.2) is 4.98 Å². The normalized spacial score (nSPS) is 9.31. The van der Waals surface area contributed by atoms with Crippen molar-refractivity contribution in [1.29, 1.82) is 0 Å². The van der Waals surface area contributed by atoms with E-state index in [-0.39, 0.29) is 5.91 Å². The van der Waals surface area contributed by atoms with Crippen molar-refractivity contribution in [3.05, 3.63) is 41.7 Å². The van der Waals surface area contributed by atoms with E-state index in [0.717, 1.165) is 0 Å². The first-order valence-corrected chi connectivity index (χ1v) is 4.12. The molecule has 4 heteroatoms. The number of hydrogen-bond acceptors (Lipinski definition) is 2. The predicted molar refractivity (Wildman–Crippen MR) is 51.8 cm³/mol. The number of aromatic nitrogens is 1. The van der Waals surface area contributed by atoms with Crippen LogP contribution < -0.4 is 5.32 Å². The zero-order valence-electron chi connectivity index (χ0n) is 6.96. The first-order valence-electron chi connectivity index (χ1n) is 3.74. The van der Waals surface area contributed by atoms with Gasteiger partial charge < -0.3 is 5.32 Å². The Labute approximate surface area is 81.4 Å². The third-order valence-corrected chi connectivity index (χ3v) is 1.59. The van der Waals surface area contributed by atoms with Gasteiger partial charge in [-0.05, 0) is 12.1 Å². The lowest BCUT2D eigenvalue weighted by molar-refractivity contribution is 0.0953. The van der Waals surface area contributed by atoms with Crippen molar-refractivity contribution in [3.8, 4) is 0 Å². The van der Waals surface area contributed by atoms with Crippen molar-refractivity contribution in [3.63, 3.8) is 0 Å².